The lowest BCUT2D eigenvalue weighted by molar-refractivity contribution is -0.146. The third-order valence-electron chi connectivity index (χ3n) is 5.84. The van der Waals surface area contributed by atoms with Gasteiger partial charge in [0, 0.05) is 31.0 Å². The molecule has 29 heavy (non-hydrogen) atoms. The van der Waals surface area contributed by atoms with Crippen LogP contribution >= 0.6 is 0 Å². The maximum Gasteiger partial charge on any atom is 0.322 e. The summed E-state index contributed by atoms with van der Waals surface area (Å²) in [5.74, 6) is 0.710. The summed E-state index contributed by atoms with van der Waals surface area (Å²) in [5.41, 5.74) is 0.768. The van der Waals surface area contributed by atoms with Gasteiger partial charge < -0.3 is 19.9 Å². The van der Waals surface area contributed by atoms with Crippen molar-refractivity contribution in [3.05, 3.63) is 54.4 Å². The van der Waals surface area contributed by atoms with Crippen LogP contribution in [0.3, 0.4) is 0 Å². The number of piperidine rings is 1. The zero-order valence-corrected chi connectivity index (χ0v) is 16.6. The summed E-state index contributed by atoms with van der Waals surface area (Å²) in [6, 6.07) is 12.7. The van der Waals surface area contributed by atoms with Gasteiger partial charge in [0.2, 0.25) is 5.91 Å². The predicted molar refractivity (Wildman–Crippen MR) is 110 cm³/mol. The highest BCUT2D eigenvalue weighted by Gasteiger charge is 2.52. The number of anilines is 1. The normalized spacial score (nSPS) is 21.5. The van der Waals surface area contributed by atoms with Crippen molar-refractivity contribution in [2.75, 3.05) is 25.5 Å². The predicted octanol–water partition coefficient (Wildman–Crippen LogP) is 3.28. The molecule has 2 fully saturated rings. The number of ether oxygens (including phenoxy) is 1. The van der Waals surface area contributed by atoms with Crippen LogP contribution in [0.1, 0.15) is 31.4 Å². The lowest BCUT2D eigenvalue weighted by Gasteiger charge is -2.44. The quantitative estimate of drug-likeness (QED) is 0.864. The molecule has 2 aliphatic rings. The molecule has 2 saturated heterocycles. The van der Waals surface area contributed by atoms with Crippen molar-refractivity contribution in [3.63, 3.8) is 0 Å². The first-order valence-electron chi connectivity index (χ1n) is 10.0. The monoisotopic (exact) mass is 394 g/mol. The summed E-state index contributed by atoms with van der Waals surface area (Å²) in [5, 5.41) is 2.94. The first-order valence-corrected chi connectivity index (χ1v) is 10.0. The average Bonchev–Trinajstić information content (AvgIpc) is 3.17. The number of rotatable bonds is 4. The fraction of sp³-hybridized carbons (Fsp3) is 0.409. The molecule has 0 bridgehead atoms. The number of urea groups is 1. The summed E-state index contributed by atoms with van der Waals surface area (Å²) in [4.78, 5) is 34.5. The van der Waals surface area contributed by atoms with Crippen molar-refractivity contribution in [1.82, 2.24) is 14.8 Å². The molecule has 1 atom stereocenters. The molecule has 1 N–H and O–H groups in total. The van der Waals surface area contributed by atoms with Crippen LogP contribution in [-0.2, 0) is 11.3 Å². The number of nitrogens with one attached hydrogen (secondary N) is 1. The summed E-state index contributed by atoms with van der Waals surface area (Å²) in [6.45, 7) is 1.76. The standard InChI is InChI=1S/C22H26N4O3/c1-29-19-9-4-8-17(15-19)24-21(28)26-14-6-11-22(26)10-5-13-25(20(22)27)16-18-7-2-3-12-23-18/h2-4,7-9,12,15H,5-6,10-11,13-14,16H2,1H3,(H,24,28). The van der Waals surface area contributed by atoms with Gasteiger partial charge in [0.1, 0.15) is 11.3 Å². The van der Waals surface area contributed by atoms with Gasteiger partial charge in [0.05, 0.1) is 19.3 Å². The zero-order valence-electron chi connectivity index (χ0n) is 16.6. The van der Waals surface area contributed by atoms with Crippen LogP contribution in [0.4, 0.5) is 10.5 Å². The molecule has 1 aromatic carbocycles. The van der Waals surface area contributed by atoms with E-state index < -0.39 is 5.54 Å². The molecule has 0 radical (unpaired) electrons. The van der Waals surface area contributed by atoms with E-state index in [1.807, 2.05) is 41.3 Å². The number of likely N-dealkylation sites (tertiary alicyclic amines) is 2. The number of methoxy groups -OCH3 is 1. The largest absolute Gasteiger partial charge is 0.497 e. The number of aromatic nitrogens is 1. The number of benzene rings is 1. The van der Waals surface area contributed by atoms with Gasteiger partial charge in [-0.15, -0.1) is 0 Å². The Hall–Kier alpha value is -3.09. The number of carbonyl (C=O) groups excluding carboxylic acids is 2. The minimum Gasteiger partial charge on any atom is -0.497 e. The van der Waals surface area contributed by atoms with Crippen LogP contribution in [-0.4, -0.2) is 52.5 Å². The van der Waals surface area contributed by atoms with Crippen LogP contribution in [0, 0.1) is 0 Å². The van der Waals surface area contributed by atoms with E-state index in [9.17, 15) is 9.59 Å². The maximum atomic E-state index is 13.5. The van der Waals surface area contributed by atoms with Crippen LogP contribution in [0.5, 0.6) is 5.75 Å². The molecule has 0 saturated carbocycles. The van der Waals surface area contributed by atoms with Crippen molar-refractivity contribution >= 4 is 17.6 Å². The lowest BCUT2D eigenvalue weighted by atomic mass is 9.85. The SMILES string of the molecule is COc1cccc(NC(=O)N2CCCC23CCCN(Cc2ccccn2)C3=O)c1. The lowest BCUT2D eigenvalue weighted by Crippen LogP contribution is -2.61. The average molecular weight is 394 g/mol. The number of carbonyl (C=O) groups is 2. The van der Waals surface area contributed by atoms with Gasteiger partial charge in [-0.3, -0.25) is 9.78 Å². The molecule has 3 heterocycles. The van der Waals surface area contributed by atoms with Gasteiger partial charge in [-0.05, 0) is 49.9 Å². The molecule has 2 aromatic rings. The number of hydrogen-bond donors (Lipinski definition) is 1. The number of amides is 3. The third kappa shape index (κ3) is 3.77. The van der Waals surface area contributed by atoms with E-state index in [-0.39, 0.29) is 11.9 Å². The second-order valence-corrected chi connectivity index (χ2v) is 7.60. The summed E-state index contributed by atoms with van der Waals surface area (Å²) in [7, 11) is 1.59. The Morgan fingerprint density at radius 2 is 2.00 bits per heavy atom. The molecular weight excluding hydrogens is 368 g/mol. The molecular formula is C22H26N4O3. The van der Waals surface area contributed by atoms with Crippen molar-refractivity contribution in [1.29, 1.82) is 0 Å². The molecule has 152 valence electrons. The van der Waals surface area contributed by atoms with Crippen LogP contribution in [0.25, 0.3) is 0 Å². The maximum absolute atomic E-state index is 13.5. The van der Waals surface area contributed by atoms with Gasteiger partial charge >= 0.3 is 6.03 Å². The topological polar surface area (TPSA) is 74.8 Å². The molecule has 1 unspecified atom stereocenters. The number of hydrogen-bond acceptors (Lipinski definition) is 4. The van der Waals surface area contributed by atoms with Crippen molar-refractivity contribution < 1.29 is 14.3 Å². The highest BCUT2D eigenvalue weighted by Crippen LogP contribution is 2.39. The van der Waals surface area contributed by atoms with Crippen molar-refractivity contribution in [3.8, 4) is 5.75 Å². The summed E-state index contributed by atoms with van der Waals surface area (Å²) >= 11 is 0. The first-order chi connectivity index (χ1) is 14.1. The Kier molecular flexibility index (Phi) is 5.38. The molecule has 1 aromatic heterocycles. The molecule has 1 spiro atoms. The molecule has 7 nitrogen and oxygen atoms in total. The molecule has 7 heteroatoms. The summed E-state index contributed by atoms with van der Waals surface area (Å²) < 4.78 is 5.23. The third-order valence-corrected chi connectivity index (χ3v) is 5.84. The zero-order chi connectivity index (χ0) is 20.3. The Balaban J connectivity index is 1.52. The van der Waals surface area contributed by atoms with E-state index in [2.05, 4.69) is 10.3 Å². The van der Waals surface area contributed by atoms with Crippen molar-refractivity contribution in [2.24, 2.45) is 0 Å². The van der Waals surface area contributed by atoms with E-state index >= 15 is 0 Å². The Morgan fingerprint density at radius 3 is 2.76 bits per heavy atom. The fourth-order valence-electron chi connectivity index (χ4n) is 4.45. The van der Waals surface area contributed by atoms with Crippen LogP contribution < -0.4 is 10.1 Å². The molecule has 2 aliphatic heterocycles. The Labute approximate surface area is 170 Å². The van der Waals surface area contributed by atoms with E-state index in [1.165, 1.54) is 0 Å². The van der Waals surface area contributed by atoms with Crippen LogP contribution in [0.15, 0.2) is 48.7 Å². The Morgan fingerprint density at radius 1 is 1.17 bits per heavy atom. The first kappa shape index (κ1) is 19.2. The number of pyridine rings is 1. The van der Waals surface area contributed by atoms with E-state index in [4.69, 9.17) is 4.74 Å². The molecule has 4 rings (SSSR count). The van der Waals surface area contributed by atoms with E-state index in [1.54, 1.807) is 24.3 Å². The highest BCUT2D eigenvalue weighted by molar-refractivity contribution is 5.97. The van der Waals surface area contributed by atoms with Gasteiger partial charge in [-0.1, -0.05) is 12.1 Å². The van der Waals surface area contributed by atoms with Gasteiger partial charge in [-0.25, -0.2) is 4.79 Å². The Bertz CT molecular complexity index is 889. The minimum absolute atomic E-state index is 0.0349. The summed E-state index contributed by atoms with van der Waals surface area (Å²) in [6.07, 6.45) is 4.85. The fourth-order valence-corrected chi connectivity index (χ4v) is 4.45. The molecule has 3 amide bonds. The molecule has 0 aliphatic carbocycles. The van der Waals surface area contributed by atoms with Gasteiger partial charge in [0.15, 0.2) is 0 Å². The van der Waals surface area contributed by atoms with Crippen molar-refractivity contribution in [2.45, 2.75) is 37.8 Å². The van der Waals surface area contributed by atoms with Crippen LogP contribution in [0.2, 0.25) is 0 Å². The van der Waals surface area contributed by atoms with Gasteiger partial charge in [0.25, 0.3) is 0 Å². The van der Waals surface area contributed by atoms with E-state index in [0.717, 1.165) is 18.5 Å². The second-order valence-electron chi connectivity index (χ2n) is 7.60. The van der Waals surface area contributed by atoms with Gasteiger partial charge in [-0.2, -0.15) is 0 Å². The smallest absolute Gasteiger partial charge is 0.322 e. The van der Waals surface area contributed by atoms with E-state index in [0.29, 0.717) is 43.9 Å². The number of nitrogens with zero attached hydrogens (tertiary/aromatic N) is 3. The second kappa shape index (κ2) is 8.11. The minimum atomic E-state index is -0.754. The highest BCUT2D eigenvalue weighted by atomic mass is 16.5.